The highest BCUT2D eigenvalue weighted by atomic mass is 35.5. The van der Waals surface area contributed by atoms with Crippen LogP contribution in [0.5, 0.6) is 0 Å². The molecule has 0 aromatic heterocycles. The van der Waals surface area contributed by atoms with Gasteiger partial charge in [0, 0.05) is 6.07 Å². The summed E-state index contributed by atoms with van der Waals surface area (Å²) in [5, 5.41) is -0.330. The molecule has 0 nitrogen and oxygen atoms in total. The lowest BCUT2D eigenvalue weighted by atomic mass is 9.90. The maximum absolute atomic E-state index is 13.8. The zero-order valence-electron chi connectivity index (χ0n) is 12.7. The summed E-state index contributed by atoms with van der Waals surface area (Å²) in [5.74, 6) is -1.11. The molecule has 0 fully saturated rings. The molecular weight excluding hydrogens is 290 g/mol. The molecule has 0 aliphatic heterocycles. The highest BCUT2D eigenvalue weighted by Crippen LogP contribution is 2.34. The van der Waals surface area contributed by atoms with Crippen LogP contribution in [0.2, 0.25) is 0 Å². The zero-order valence-corrected chi connectivity index (χ0v) is 13.5. The molecule has 0 saturated heterocycles. The van der Waals surface area contributed by atoms with Crippen molar-refractivity contribution < 1.29 is 8.78 Å². The van der Waals surface area contributed by atoms with Crippen molar-refractivity contribution in [1.82, 2.24) is 0 Å². The van der Waals surface area contributed by atoms with Crippen LogP contribution in [0, 0.1) is 39.3 Å². The van der Waals surface area contributed by atoms with Gasteiger partial charge in [-0.3, -0.25) is 0 Å². The van der Waals surface area contributed by atoms with Crippen molar-refractivity contribution in [3.05, 3.63) is 69.3 Å². The van der Waals surface area contributed by atoms with Crippen LogP contribution in [0.4, 0.5) is 8.78 Å². The van der Waals surface area contributed by atoms with E-state index in [1.165, 1.54) is 23.3 Å². The van der Waals surface area contributed by atoms with Crippen LogP contribution < -0.4 is 0 Å². The van der Waals surface area contributed by atoms with Crippen molar-refractivity contribution in [2.24, 2.45) is 0 Å². The van der Waals surface area contributed by atoms with Gasteiger partial charge in [-0.25, -0.2) is 8.78 Å². The van der Waals surface area contributed by atoms with E-state index in [0.717, 1.165) is 22.8 Å². The molecular formula is C18H19ClF2. The van der Waals surface area contributed by atoms with Crippen molar-refractivity contribution >= 4 is 11.6 Å². The van der Waals surface area contributed by atoms with Gasteiger partial charge in [0.25, 0.3) is 0 Å². The summed E-state index contributed by atoms with van der Waals surface area (Å²) in [4.78, 5) is 0. The molecule has 1 atom stereocenters. The quantitative estimate of drug-likeness (QED) is 0.636. The number of alkyl halides is 1. The molecule has 2 aromatic carbocycles. The summed E-state index contributed by atoms with van der Waals surface area (Å²) in [6.45, 7) is 8.17. The van der Waals surface area contributed by atoms with Crippen molar-refractivity contribution in [2.75, 3.05) is 0 Å². The van der Waals surface area contributed by atoms with Crippen LogP contribution >= 0.6 is 11.6 Å². The highest BCUT2D eigenvalue weighted by molar-refractivity contribution is 6.21. The average molecular weight is 309 g/mol. The number of aryl methyl sites for hydroxylation is 2. The van der Waals surface area contributed by atoms with Gasteiger partial charge in [-0.2, -0.15) is 0 Å². The Morgan fingerprint density at radius 1 is 0.952 bits per heavy atom. The molecule has 0 aliphatic rings. The van der Waals surface area contributed by atoms with E-state index in [4.69, 9.17) is 11.6 Å². The second-order valence-electron chi connectivity index (χ2n) is 5.58. The molecule has 2 aromatic rings. The third-order valence-corrected chi connectivity index (χ3v) is 4.52. The fourth-order valence-electron chi connectivity index (χ4n) is 2.70. The maximum atomic E-state index is 13.8. The molecule has 0 bridgehead atoms. The Labute approximate surface area is 129 Å². The molecule has 0 heterocycles. The molecule has 0 amide bonds. The summed E-state index contributed by atoms with van der Waals surface area (Å²) in [7, 11) is 0. The first-order valence-corrected chi connectivity index (χ1v) is 7.40. The summed E-state index contributed by atoms with van der Waals surface area (Å²) in [6.07, 6.45) is 0.345. The number of halogens is 3. The zero-order chi connectivity index (χ0) is 15.7. The Kier molecular flexibility index (Phi) is 4.67. The van der Waals surface area contributed by atoms with Gasteiger partial charge in [-0.15, -0.1) is 11.6 Å². The summed E-state index contributed by atoms with van der Waals surface area (Å²) < 4.78 is 26.8. The number of benzene rings is 2. The van der Waals surface area contributed by atoms with Crippen LogP contribution in [-0.2, 0) is 6.42 Å². The van der Waals surface area contributed by atoms with Crippen LogP contribution in [0.3, 0.4) is 0 Å². The van der Waals surface area contributed by atoms with Crippen molar-refractivity contribution in [1.29, 1.82) is 0 Å². The van der Waals surface area contributed by atoms with Crippen LogP contribution in [0.15, 0.2) is 24.3 Å². The normalized spacial score (nSPS) is 12.5. The summed E-state index contributed by atoms with van der Waals surface area (Å²) in [5.41, 5.74) is 6.13. The number of rotatable bonds is 3. The fourth-order valence-corrected chi connectivity index (χ4v) is 3.19. The van der Waals surface area contributed by atoms with Gasteiger partial charge in [0.15, 0.2) is 0 Å². The molecule has 0 radical (unpaired) electrons. The van der Waals surface area contributed by atoms with Gasteiger partial charge in [0.1, 0.15) is 11.6 Å². The van der Waals surface area contributed by atoms with Crippen molar-refractivity contribution in [3.8, 4) is 0 Å². The Bertz CT molecular complexity index is 651. The highest BCUT2D eigenvalue weighted by Gasteiger charge is 2.18. The molecule has 0 aliphatic carbocycles. The van der Waals surface area contributed by atoms with Crippen molar-refractivity contribution in [3.63, 3.8) is 0 Å². The minimum absolute atomic E-state index is 0.330. The summed E-state index contributed by atoms with van der Waals surface area (Å²) in [6, 6.07) is 5.77. The van der Waals surface area contributed by atoms with Crippen LogP contribution in [-0.4, -0.2) is 0 Å². The van der Waals surface area contributed by atoms with E-state index < -0.39 is 11.6 Å². The van der Waals surface area contributed by atoms with Gasteiger partial charge < -0.3 is 0 Å². The molecule has 0 N–H and O–H groups in total. The molecule has 112 valence electrons. The third-order valence-electron chi connectivity index (χ3n) is 4.15. The maximum Gasteiger partial charge on any atom is 0.129 e. The van der Waals surface area contributed by atoms with Crippen molar-refractivity contribution in [2.45, 2.75) is 39.5 Å². The van der Waals surface area contributed by atoms with E-state index in [9.17, 15) is 8.78 Å². The first-order chi connectivity index (χ1) is 9.81. The predicted octanol–water partition coefficient (Wildman–Crippen LogP) is 5.72. The molecule has 3 heteroatoms. The monoisotopic (exact) mass is 308 g/mol. The lowest BCUT2D eigenvalue weighted by molar-refractivity contribution is 0.570. The Morgan fingerprint density at radius 3 is 2.05 bits per heavy atom. The van der Waals surface area contributed by atoms with E-state index in [2.05, 4.69) is 6.07 Å². The third kappa shape index (κ3) is 3.26. The SMILES string of the molecule is Cc1cc(C)c(C)c(C(Cl)Cc2ccc(F)cc2F)c1C. The van der Waals surface area contributed by atoms with Gasteiger partial charge in [0.2, 0.25) is 0 Å². The van der Waals surface area contributed by atoms with E-state index >= 15 is 0 Å². The van der Waals surface area contributed by atoms with E-state index in [-0.39, 0.29) is 5.38 Å². The molecule has 0 spiro atoms. The largest absolute Gasteiger partial charge is 0.207 e. The lowest BCUT2D eigenvalue weighted by Gasteiger charge is -2.20. The minimum atomic E-state index is -0.568. The van der Waals surface area contributed by atoms with Gasteiger partial charge in [-0.1, -0.05) is 12.1 Å². The first kappa shape index (κ1) is 16.0. The summed E-state index contributed by atoms with van der Waals surface area (Å²) >= 11 is 6.55. The second kappa shape index (κ2) is 6.15. The Morgan fingerprint density at radius 2 is 1.52 bits per heavy atom. The van der Waals surface area contributed by atoms with Gasteiger partial charge >= 0.3 is 0 Å². The second-order valence-corrected chi connectivity index (χ2v) is 6.11. The minimum Gasteiger partial charge on any atom is -0.207 e. The van der Waals surface area contributed by atoms with Crippen LogP contribution in [0.25, 0.3) is 0 Å². The van der Waals surface area contributed by atoms with E-state index in [1.54, 1.807) is 0 Å². The Hall–Kier alpha value is -1.41. The smallest absolute Gasteiger partial charge is 0.129 e. The molecule has 0 saturated carbocycles. The number of hydrogen-bond acceptors (Lipinski definition) is 0. The van der Waals surface area contributed by atoms with Crippen LogP contribution in [0.1, 0.15) is 38.8 Å². The van der Waals surface area contributed by atoms with Gasteiger partial charge in [0.05, 0.1) is 5.38 Å². The fraction of sp³-hybridized carbons (Fsp3) is 0.333. The number of hydrogen-bond donors (Lipinski definition) is 0. The standard InChI is InChI=1S/C18H19ClF2/c1-10-7-11(2)13(4)18(12(10)3)16(19)8-14-5-6-15(20)9-17(14)21/h5-7,9,16H,8H2,1-4H3. The molecule has 1 unspecified atom stereocenters. The Balaban J connectivity index is 2.39. The lowest BCUT2D eigenvalue weighted by Crippen LogP contribution is -2.06. The molecule has 21 heavy (non-hydrogen) atoms. The van der Waals surface area contributed by atoms with E-state index in [0.29, 0.717) is 12.0 Å². The first-order valence-electron chi connectivity index (χ1n) is 6.96. The van der Waals surface area contributed by atoms with E-state index in [1.807, 2.05) is 27.7 Å². The predicted molar refractivity (Wildman–Crippen MR) is 84.0 cm³/mol. The molecule has 2 rings (SSSR count). The average Bonchev–Trinajstić information content (AvgIpc) is 2.40. The topological polar surface area (TPSA) is 0 Å². The van der Waals surface area contributed by atoms with Gasteiger partial charge in [-0.05, 0) is 73.6 Å².